The highest BCUT2D eigenvalue weighted by Crippen LogP contribution is 2.29. The van der Waals surface area contributed by atoms with E-state index in [-0.39, 0.29) is 0 Å². The molecule has 0 saturated carbocycles. The number of aromatic nitrogens is 6. The lowest BCUT2D eigenvalue weighted by atomic mass is 10.2. The molecule has 1 aliphatic heterocycles. The summed E-state index contributed by atoms with van der Waals surface area (Å²) < 4.78 is 13.2. The third-order valence-corrected chi connectivity index (χ3v) is 5.22. The molecule has 2 N–H and O–H groups in total. The molecule has 3 aromatic rings. The summed E-state index contributed by atoms with van der Waals surface area (Å²) in [6.45, 7) is 11.4. The largest absolute Gasteiger partial charge is 0.380 e. The van der Waals surface area contributed by atoms with E-state index in [0.717, 1.165) is 36.4 Å². The minimum Gasteiger partial charge on any atom is -0.380 e. The fourth-order valence-corrected chi connectivity index (χ4v) is 3.71. The standard InChI is InChI=1S/C21H31N9O2/c1-4-31-11-10-30-19-18(16(28-30)13-32-5-2)26-21(29-9-8-23-15(3)12-29)27-20(19)25-17-6-7-22-14-24-17/h6-7,14-15,23H,4-5,8-13H2,1-3H3,(H,22,24,25,26,27)/t15-/m1/s1. The van der Waals surface area contributed by atoms with E-state index in [0.29, 0.717) is 56.6 Å². The monoisotopic (exact) mass is 441 g/mol. The molecule has 0 bridgehead atoms. The maximum absolute atomic E-state index is 5.70. The van der Waals surface area contributed by atoms with E-state index >= 15 is 0 Å². The van der Waals surface area contributed by atoms with E-state index < -0.39 is 0 Å². The third-order valence-electron chi connectivity index (χ3n) is 5.22. The average Bonchev–Trinajstić information content (AvgIpc) is 3.16. The molecule has 4 rings (SSSR count). The molecule has 32 heavy (non-hydrogen) atoms. The molecule has 0 amide bonds. The van der Waals surface area contributed by atoms with Crippen molar-refractivity contribution in [2.24, 2.45) is 0 Å². The van der Waals surface area contributed by atoms with Crippen molar-refractivity contribution in [3.8, 4) is 0 Å². The maximum atomic E-state index is 5.70. The van der Waals surface area contributed by atoms with Crippen molar-refractivity contribution in [3.05, 3.63) is 24.3 Å². The predicted octanol–water partition coefficient (Wildman–Crippen LogP) is 1.73. The van der Waals surface area contributed by atoms with Gasteiger partial charge in [0.15, 0.2) is 5.82 Å². The Hall–Kier alpha value is -2.89. The quantitative estimate of drug-likeness (QED) is 0.451. The van der Waals surface area contributed by atoms with Gasteiger partial charge in [-0.1, -0.05) is 0 Å². The fraction of sp³-hybridized carbons (Fsp3) is 0.571. The van der Waals surface area contributed by atoms with Crippen LogP contribution in [-0.4, -0.2) is 75.2 Å². The van der Waals surface area contributed by atoms with Gasteiger partial charge in [0.1, 0.15) is 28.9 Å². The Kier molecular flexibility index (Phi) is 7.40. The van der Waals surface area contributed by atoms with E-state index in [1.807, 2.05) is 24.6 Å². The van der Waals surface area contributed by atoms with Crippen molar-refractivity contribution < 1.29 is 9.47 Å². The zero-order valence-corrected chi connectivity index (χ0v) is 18.9. The summed E-state index contributed by atoms with van der Waals surface area (Å²) in [5.74, 6) is 1.98. The van der Waals surface area contributed by atoms with Crippen LogP contribution in [0.1, 0.15) is 26.5 Å². The van der Waals surface area contributed by atoms with Crippen LogP contribution in [0.3, 0.4) is 0 Å². The molecule has 3 aromatic heterocycles. The van der Waals surface area contributed by atoms with Gasteiger partial charge in [-0.05, 0) is 26.8 Å². The van der Waals surface area contributed by atoms with Crippen LogP contribution in [0.4, 0.5) is 17.6 Å². The van der Waals surface area contributed by atoms with E-state index in [1.54, 1.807) is 6.20 Å². The number of nitrogens with one attached hydrogen (secondary N) is 2. The molecule has 1 atom stereocenters. The Balaban J connectivity index is 1.81. The first kappa shape index (κ1) is 22.3. The lowest BCUT2D eigenvalue weighted by Gasteiger charge is -2.32. The molecule has 1 fully saturated rings. The molecule has 1 saturated heterocycles. The highest BCUT2D eigenvalue weighted by Gasteiger charge is 2.24. The first-order valence-electron chi connectivity index (χ1n) is 11.1. The van der Waals surface area contributed by atoms with Crippen LogP contribution in [0.15, 0.2) is 18.6 Å². The average molecular weight is 442 g/mol. The van der Waals surface area contributed by atoms with Crippen LogP contribution in [0.5, 0.6) is 0 Å². The number of anilines is 3. The minimum absolute atomic E-state index is 0.359. The number of fused-ring (bicyclic) bond motifs is 1. The van der Waals surface area contributed by atoms with Gasteiger partial charge in [0.25, 0.3) is 0 Å². The minimum atomic E-state index is 0.359. The molecule has 1 aliphatic rings. The van der Waals surface area contributed by atoms with Gasteiger partial charge in [-0.2, -0.15) is 10.1 Å². The van der Waals surface area contributed by atoms with Gasteiger partial charge in [0.2, 0.25) is 5.95 Å². The summed E-state index contributed by atoms with van der Waals surface area (Å²) >= 11 is 0. The van der Waals surface area contributed by atoms with E-state index in [1.165, 1.54) is 6.33 Å². The van der Waals surface area contributed by atoms with E-state index in [4.69, 9.17) is 24.5 Å². The number of hydrogen-bond donors (Lipinski definition) is 2. The molecular formula is C21H31N9O2. The van der Waals surface area contributed by atoms with Crippen LogP contribution in [0.2, 0.25) is 0 Å². The first-order chi connectivity index (χ1) is 15.7. The van der Waals surface area contributed by atoms with Crippen molar-refractivity contribution in [1.82, 2.24) is 35.0 Å². The van der Waals surface area contributed by atoms with Gasteiger partial charge < -0.3 is 25.0 Å². The molecule has 0 unspecified atom stereocenters. The number of nitrogens with zero attached hydrogens (tertiary/aromatic N) is 7. The Morgan fingerprint density at radius 1 is 1.22 bits per heavy atom. The smallest absolute Gasteiger partial charge is 0.228 e. The van der Waals surface area contributed by atoms with Gasteiger partial charge in [-0.3, -0.25) is 4.68 Å². The summed E-state index contributed by atoms with van der Waals surface area (Å²) in [5.41, 5.74) is 2.38. The van der Waals surface area contributed by atoms with Gasteiger partial charge in [0, 0.05) is 45.1 Å². The third kappa shape index (κ3) is 5.12. The van der Waals surface area contributed by atoms with Crippen molar-refractivity contribution in [2.75, 3.05) is 49.7 Å². The second-order valence-corrected chi connectivity index (χ2v) is 7.59. The van der Waals surface area contributed by atoms with E-state index in [2.05, 4.69) is 32.4 Å². The van der Waals surface area contributed by atoms with Crippen LogP contribution in [-0.2, 0) is 22.6 Å². The number of rotatable bonds is 10. The summed E-state index contributed by atoms with van der Waals surface area (Å²) in [6.07, 6.45) is 3.20. The normalized spacial score (nSPS) is 16.6. The molecule has 0 radical (unpaired) electrons. The van der Waals surface area contributed by atoms with E-state index in [9.17, 15) is 0 Å². The van der Waals surface area contributed by atoms with Gasteiger partial charge >= 0.3 is 0 Å². The van der Waals surface area contributed by atoms with Gasteiger partial charge in [-0.25, -0.2) is 15.0 Å². The molecule has 0 spiro atoms. The highest BCUT2D eigenvalue weighted by atomic mass is 16.5. The van der Waals surface area contributed by atoms with Gasteiger partial charge in [0.05, 0.1) is 19.8 Å². The predicted molar refractivity (Wildman–Crippen MR) is 122 cm³/mol. The summed E-state index contributed by atoms with van der Waals surface area (Å²) in [6, 6.07) is 2.17. The van der Waals surface area contributed by atoms with Crippen molar-refractivity contribution >= 4 is 28.6 Å². The molecule has 4 heterocycles. The highest BCUT2D eigenvalue weighted by molar-refractivity contribution is 5.90. The van der Waals surface area contributed by atoms with Crippen molar-refractivity contribution in [2.45, 2.75) is 40.0 Å². The SMILES string of the molecule is CCOCCn1nc(COCC)c2nc(N3CCN[C@H](C)C3)nc(Nc3ccncn3)c21. The Labute approximate surface area is 187 Å². The lowest BCUT2D eigenvalue weighted by molar-refractivity contribution is 0.128. The fourth-order valence-electron chi connectivity index (χ4n) is 3.71. The van der Waals surface area contributed by atoms with Crippen LogP contribution in [0, 0.1) is 0 Å². The van der Waals surface area contributed by atoms with Crippen molar-refractivity contribution in [3.63, 3.8) is 0 Å². The molecular weight excluding hydrogens is 410 g/mol. The molecule has 172 valence electrons. The zero-order valence-electron chi connectivity index (χ0n) is 18.9. The summed E-state index contributed by atoms with van der Waals surface area (Å²) in [5, 5.41) is 11.6. The number of piperazine rings is 1. The second kappa shape index (κ2) is 10.6. The first-order valence-corrected chi connectivity index (χ1v) is 11.1. The van der Waals surface area contributed by atoms with Crippen LogP contribution < -0.4 is 15.5 Å². The molecule has 11 nitrogen and oxygen atoms in total. The summed E-state index contributed by atoms with van der Waals surface area (Å²) in [4.78, 5) is 20.4. The zero-order chi connectivity index (χ0) is 22.3. The summed E-state index contributed by atoms with van der Waals surface area (Å²) in [7, 11) is 0. The lowest BCUT2D eigenvalue weighted by Crippen LogP contribution is -2.49. The Morgan fingerprint density at radius 2 is 2.09 bits per heavy atom. The molecule has 0 aliphatic carbocycles. The van der Waals surface area contributed by atoms with Gasteiger partial charge in [-0.15, -0.1) is 0 Å². The van der Waals surface area contributed by atoms with Crippen LogP contribution in [0.25, 0.3) is 11.0 Å². The Morgan fingerprint density at radius 3 is 2.84 bits per heavy atom. The van der Waals surface area contributed by atoms with Crippen molar-refractivity contribution in [1.29, 1.82) is 0 Å². The number of ether oxygens (including phenoxy) is 2. The number of hydrogen-bond acceptors (Lipinski definition) is 10. The molecule has 11 heteroatoms. The maximum Gasteiger partial charge on any atom is 0.228 e. The molecule has 0 aromatic carbocycles. The Bertz CT molecular complexity index is 1010. The second-order valence-electron chi connectivity index (χ2n) is 7.59. The van der Waals surface area contributed by atoms with Crippen LogP contribution >= 0.6 is 0 Å². The topological polar surface area (TPSA) is 115 Å².